The maximum Gasteiger partial charge on any atom is 0.339 e. The normalized spacial score (nSPS) is 11.5. The molecule has 0 spiro atoms. The van der Waals surface area contributed by atoms with E-state index in [4.69, 9.17) is 0 Å². The number of hydrogen-bond acceptors (Lipinski definition) is 3. The highest BCUT2D eigenvalue weighted by molar-refractivity contribution is 5.77. The van der Waals surface area contributed by atoms with Gasteiger partial charge in [0.05, 0.1) is 7.11 Å². The summed E-state index contributed by atoms with van der Waals surface area (Å²) in [5.41, 5.74) is 3.55. The van der Waals surface area contributed by atoms with Crippen molar-refractivity contribution < 1.29 is 14.6 Å². The van der Waals surface area contributed by atoms with Crippen LogP contribution < -0.4 is 0 Å². The van der Waals surface area contributed by atoms with Gasteiger partial charge in [-0.15, -0.1) is 5.73 Å². The molecule has 3 nitrogen and oxygen atoms in total. The summed E-state index contributed by atoms with van der Waals surface area (Å²) in [6, 6.07) is 0. The molecule has 1 atom stereocenters. The van der Waals surface area contributed by atoms with Crippen molar-refractivity contribution in [1.29, 1.82) is 0 Å². The van der Waals surface area contributed by atoms with Crippen LogP contribution >= 0.6 is 0 Å². The highest BCUT2D eigenvalue weighted by Crippen LogP contribution is 2.14. The number of unbranched alkanes of at least 4 members (excludes halogenated alkanes) is 4. The van der Waals surface area contributed by atoms with E-state index in [1.165, 1.54) is 26.4 Å². The second kappa shape index (κ2) is 10.1. The second-order valence-electron chi connectivity index (χ2n) is 4.05. The molecule has 98 valence electrons. The molecule has 0 aromatic carbocycles. The van der Waals surface area contributed by atoms with Crippen LogP contribution in [0.2, 0.25) is 0 Å². The van der Waals surface area contributed by atoms with Gasteiger partial charge in [0.2, 0.25) is 0 Å². The molecule has 3 heteroatoms. The molecule has 0 radical (unpaired) electrons. The number of carbonyl (C=O) groups excluding carboxylic acids is 1. The first-order valence-corrected chi connectivity index (χ1v) is 6.33. The van der Waals surface area contributed by atoms with Gasteiger partial charge in [0.15, 0.2) is 6.10 Å². The standard InChI is InChI=1S/C14H24O3/c1-4-6-7-8-9-11-12(10-5-2)13(15)14(16)17-3/h5,13,15H,4,6-9,11H2,1-3H3/t10?,13-/m1/s1. The number of methoxy groups -OCH3 is 1. The van der Waals surface area contributed by atoms with Gasteiger partial charge >= 0.3 is 5.97 Å². The number of aliphatic hydroxyl groups is 1. The van der Waals surface area contributed by atoms with Crippen molar-refractivity contribution >= 4 is 5.97 Å². The predicted molar refractivity (Wildman–Crippen MR) is 68.7 cm³/mol. The molecule has 0 heterocycles. The smallest absolute Gasteiger partial charge is 0.339 e. The average Bonchev–Trinajstić information content (AvgIpc) is 2.35. The number of hydrogen-bond donors (Lipinski definition) is 1. The Morgan fingerprint density at radius 1 is 1.35 bits per heavy atom. The average molecular weight is 240 g/mol. The molecule has 17 heavy (non-hydrogen) atoms. The van der Waals surface area contributed by atoms with Crippen molar-refractivity contribution in [3.05, 3.63) is 17.4 Å². The molecule has 0 aliphatic rings. The lowest BCUT2D eigenvalue weighted by atomic mass is 10.0. The molecule has 0 rings (SSSR count). The fraction of sp³-hybridized carbons (Fsp3) is 0.714. The minimum atomic E-state index is -1.16. The Morgan fingerprint density at radius 2 is 2.00 bits per heavy atom. The van der Waals surface area contributed by atoms with E-state index >= 15 is 0 Å². The lowest BCUT2D eigenvalue weighted by molar-refractivity contribution is -0.148. The van der Waals surface area contributed by atoms with Gasteiger partial charge in [-0.2, -0.15) is 0 Å². The van der Waals surface area contributed by atoms with Crippen LogP contribution in [-0.2, 0) is 9.53 Å². The van der Waals surface area contributed by atoms with Crippen molar-refractivity contribution in [1.82, 2.24) is 0 Å². The topological polar surface area (TPSA) is 46.5 Å². The van der Waals surface area contributed by atoms with Gasteiger partial charge in [-0.05, 0) is 25.8 Å². The molecule has 0 aliphatic heterocycles. The van der Waals surface area contributed by atoms with Gasteiger partial charge in [0.1, 0.15) is 0 Å². The van der Waals surface area contributed by atoms with Crippen molar-refractivity contribution in [2.45, 2.75) is 58.5 Å². The molecule has 0 fully saturated rings. The highest BCUT2D eigenvalue weighted by atomic mass is 16.5. The van der Waals surface area contributed by atoms with Crippen LogP contribution in [0.1, 0.15) is 52.4 Å². The first-order chi connectivity index (χ1) is 8.17. The highest BCUT2D eigenvalue weighted by Gasteiger charge is 2.19. The fourth-order valence-corrected chi connectivity index (χ4v) is 1.65. The van der Waals surface area contributed by atoms with Crippen LogP contribution in [0.25, 0.3) is 0 Å². The van der Waals surface area contributed by atoms with Crippen molar-refractivity contribution in [2.24, 2.45) is 0 Å². The van der Waals surface area contributed by atoms with Gasteiger partial charge in [-0.1, -0.05) is 32.6 Å². The van der Waals surface area contributed by atoms with Gasteiger partial charge in [0, 0.05) is 5.57 Å². The van der Waals surface area contributed by atoms with Crippen LogP contribution in [0.3, 0.4) is 0 Å². The van der Waals surface area contributed by atoms with E-state index < -0.39 is 12.1 Å². The molecular weight excluding hydrogens is 216 g/mol. The van der Waals surface area contributed by atoms with Gasteiger partial charge in [-0.25, -0.2) is 4.79 Å². The zero-order valence-electron chi connectivity index (χ0n) is 11.2. The Morgan fingerprint density at radius 3 is 2.53 bits per heavy atom. The van der Waals surface area contributed by atoms with Gasteiger partial charge in [-0.3, -0.25) is 0 Å². The minimum absolute atomic E-state index is 0.608. The van der Waals surface area contributed by atoms with Gasteiger partial charge < -0.3 is 9.84 Å². The van der Waals surface area contributed by atoms with E-state index in [0.29, 0.717) is 12.0 Å². The number of aliphatic hydroxyl groups excluding tert-OH is 1. The van der Waals surface area contributed by atoms with Gasteiger partial charge in [0.25, 0.3) is 0 Å². The Kier molecular flexibility index (Phi) is 9.50. The van der Waals surface area contributed by atoms with Crippen molar-refractivity contribution in [2.75, 3.05) is 7.11 Å². The molecule has 1 N–H and O–H groups in total. The van der Waals surface area contributed by atoms with E-state index in [0.717, 1.165) is 12.8 Å². The molecule has 0 unspecified atom stereocenters. The summed E-state index contributed by atoms with van der Waals surface area (Å²) in [5, 5.41) is 9.72. The molecule has 0 saturated heterocycles. The fourth-order valence-electron chi connectivity index (χ4n) is 1.65. The molecular formula is C14H24O3. The third-order valence-electron chi connectivity index (χ3n) is 2.63. The van der Waals surface area contributed by atoms with E-state index in [1.807, 2.05) is 6.92 Å². The van der Waals surface area contributed by atoms with E-state index in [1.54, 1.807) is 6.08 Å². The van der Waals surface area contributed by atoms with Crippen LogP contribution in [0.5, 0.6) is 0 Å². The van der Waals surface area contributed by atoms with E-state index in [2.05, 4.69) is 17.4 Å². The van der Waals surface area contributed by atoms with Crippen LogP contribution in [0, 0.1) is 0 Å². The first kappa shape index (κ1) is 16.0. The molecule has 0 aromatic rings. The van der Waals surface area contributed by atoms with Crippen molar-refractivity contribution in [3.8, 4) is 0 Å². The number of esters is 1. The Bertz CT molecular complexity index is 275. The Labute approximate surface area is 104 Å². The molecule has 0 saturated carbocycles. The first-order valence-electron chi connectivity index (χ1n) is 6.33. The third-order valence-corrected chi connectivity index (χ3v) is 2.63. The molecule has 0 aromatic heterocycles. The number of rotatable bonds is 8. The Hall–Kier alpha value is -1.05. The molecule has 0 aliphatic carbocycles. The van der Waals surface area contributed by atoms with Crippen molar-refractivity contribution in [3.63, 3.8) is 0 Å². The maximum absolute atomic E-state index is 11.2. The quantitative estimate of drug-likeness (QED) is 0.403. The summed E-state index contributed by atoms with van der Waals surface area (Å²) in [6.07, 6.45) is 7.00. The maximum atomic E-state index is 11.2. The monoisotopic (exact) mass is 240 g/mol. The largest absolute Gasteiger partial charge is 0.467 e. The SMILES string of the molecule is CC=C=C(CCCCCCC)[C@@H](O)C(=O)OC. The second-order valence-corrected chi connectivity index (χ2v) is 4.05. The predicted octanol–water partition coefficient (Wildman–Crippen LogP) is 2.98. The summed E-state index contributed by atoms with van der Waals surface area (Å²) >= 11 is 0. The van der Waals surface area contributed by atoms with Crippen LogP contribution in [-0.4, -0.2) is 24.3 Å². The summed E-state index contributed by atoms with van der Waals surface area (Å²) in [4.78, 5) is 11.2. The zero-order chi connectivity index (χ0) is 13.1. The summed E-state index contributed by atoms with van der Waals surface area (Å²) in [7, 11) is 1.28. The molecule has 0 amide bonds. The lowest BCUT2D eigenvalue weighted by Crippen LogP contribution is -2.23. The lowest BCUT2D eigenvalue weighted by Gasteiger charge is -2.10. The Balaban J connectivity index is 4.18. The number of ether oxygens (including phenoxy) is 1. The molecule has 0 bridgehead atoms. The van der Waals surface area contributed by atoms with E-state index in [-0.39, 0.29) is 0 Å². The van der Waals surface area contributed by atoms with E-state index in [9.17, 15) is 9.90 Å². The van der Waals surface area contributed by atoms with Crippen LogP contribution in [0.15, 0.2) is 17.4 Å². The zero-order valence-corrected chi connectivity index (χ0v) is 11.2. The summed E-state index contributed by atoms with van der Waals surface area (Å²) in [5.74, 6) is -0.608. The summed E-state index contributed by atoms with van der Waals surface area (Å²) in [6.45, 7) is 3.99. The minimum Gasteiger partial charge on any atom is -0.467 e. The number of carbonyl (C=O) groups is 1. The van der Waals surface area contributed by atoms with Crippen LogP contribution in [0.4, 0.5) is 0 Å². The summed E-state index contributed by atoms with van der Waals surface area (Å²) < 4.78 is 4.52. The third kappa shape index (κ3) is 6.98.